The highest BCUT2D eigenvalue weighted by atomic mass is 32.2. The Bertz CT molecular complexity index is 223. The molecule has 1 saturated heterocycles. The van der Waals surface area contributed by atoms with E-state index in [0.717, 1.165) is 26.1 Å². The van der Waals surface area contributed by atoms with Crippen LogP contribution in [-0.4, -0.2) is 48.4 Å². The fourth-order valence-corrected chi connectivity index (χ4v) is 2.58. The molecule has 0 saturated carbocycles. The van der Waals surface area contributed by atoms with E-state index < -0.39 is 5.51 Å². The van der Waals surface area contributed by atoms with E-state index in [2.05, 4.69) is 24.1 Å². The number of rotatable bonds is 5. The molecule has 2 atom stereocenters. The van der Waals surface area contributed by atoms with Gasteiger partial charge in [0, 0.05) is 38.0 Å². The third-order valence-electron chi connectivity index (χ3n) is 3.29. The van der Waals surface area contributed by atoms with Crippen molar-refractivity contribution in [1.82, 2.24) is 10.2 Å². The van der Waals surface area contributed by atoms with Crippen molar-refractivity contribution in [1.29, 1.82) is 0 Å². The van der Waals surface area contributed by atoms with Gasteiger partial charge in [-0.05, 0) is 17.7 Å². The van der Waals surface area contributed by atoms with Crippen molar-refractivity contribution in [2.75, 3.05) is 31.9 Å². The van der Waals surface area contributed by atoms with Crippen LogP contribution in [0.3, 0.4) is 0 Å². The molecule has 0 spiro atoms. The molecule has 1 fully saturated rings. The summed E-state index contributed by atoms with van der Waals surface area (Å²) >= 11 is 0.0805. The van der Waals surface area contributed by atoms with Crippen LogP contribution >= 0.6 is 11.8 Å². The molecule has 2 nitrogen and oxygen atoms in total. The predicted molar refractivity (Wildman–Crippen MR) is 66.2 cm³/mol. The van der Waals surface area contributed by atoms with Gasteiger partial charge < -0.3 is 5.32 Å². The lowest BCUT2D eigenvalue weighted by Gasteiger charge is -2.36. The maximum absolute atomic E-state index is 12.0. The van der Waals surface area contributed by atoms with Crippen LogP contribution in [0.25, 0.3) is 0 Å². The molecule has 0 radical (unpaired) electrons. The van der Waals surface area contributed by atoms with E-state index in [1.54, 1.807) is 0 Å². The Kier molecular flexibility index (Phi) is 6.09. The van der Waals surface area contributed by atoms with Crippen molar-refractivity contribution in [3.8, 4) is 0 Å². The number of alkyl halides is 3. The molecule has 0 aliphatic carbocycles. The summed E-state index contributed by atoms with van der Waals surface area (Å²) in [7, 11) is 0. The Morgan fingerprint density at radius 2 is 2.18 bits per heavy atom. The summed E-state index contributed by atoms with van der Waals surface area (Å²) < 4.78 is 36.0. The first-order chi connectivity index (χ1) is 7.92. The minimum Gasteiger partial charge on any atom is -0.311 e. The van der Waals surface area contributed by atoms with Crippen molar-refractivity contribution >= 4 is 11.8 Å². The van der Waals surface area contributed by atoms with Crippen LogP contribution in [0.15, 0.2) is 0 Å². The van der Waals surface area contributed by atoms with Crippen LogP contribution in [0.5, 0.6) is 0 Å². The van der Waals surface area contributed by atoms with E-state index in [-0.39, 0.29) is 17.5 Å². The number of nitrogens with one attached hydrogen (secondary N) is 1. The molecule has 0 aromatic carbocycles. The molecule has 17 heavy (non-hydrogen) atoms. The van der Waals surface area contributed by atoms with Gasteiger partial charge in [0.1, 0.15) is 0 Å². The molecule has 1 aliphatic heterocycles. The van der Waals surface area contributed by atoms with Crippen LogP contribution in [0.4, 0.5) is 13.2 Å². The highest BCUT2D eigenvalue weighted by Crippen LogP contribution is 2.29. The average molecular weight is 270 g/mol. The lowest BCUT2D eigenvalue weighted by atomic mass is 9.97. The fraction of sp³-hybridized carbons (Fsp3) is 1.00. The first-order valence-corrected chi connectivity index (χ1v) is 7.07. The van der Waals surface area contributed by atoms with E-state index in [4.69, 9.17) is 0 Å². The molecule has 0 bridgehead atoms. The van der Waals surface area contributed by atoms with Crippen molar-refractivity contribution in [2.24, 2.45) is 5.92 Å². The van der Waals surface area contributed by atoms with Crippen LogP contribution in [0, 0.1) is 5.92 Å². The summed E-state index contributed by atoms with van der Waals surface area (Å²) in [4.78, 5) is 2.13. The minimum atomic E-state index is -4.09. The van der Waals surface area contributed by atoms with E-state index >= 15 is 0 Å². The quantitative estimate of drug-likeness (QED) is 0.826. The van der Waals surface area contributed by atoms with E-state index in [1.807, 2.05) is 0 Å². The lowest BCUT2D eigenvalue weighted by molar-refractivity contribution is -0.0329. The number of hydrogen-bond acceptors (Lipinski definition) is 3. The zero-order valence-electron chi connectivity index (χ0n) is 10.4. The van der Waals surface area contributed by atoms with Crippen molar-refractivity contribution < 1.29 is 13.2 Å². The maximum atomic E-state index is 12.0. The third kappa shape index (κ3) is 5.97. The van der Waals surface area contributed by atoms with Gasteiger partial charge in [-0.15, -0.1) is 0 Å². The van der Waals surface area contributed by atoms with Crippen LogP contribution in [0.2, 0.25) is 0 Å². The van der Waals surface area contributed by atoms with Gasteiger partial charge in [-0.1, -0.05) is 20.3 Å². The first-order valence-electron chi connectivity index (χ1n) is 6.08. The van der Waals surface area contributed by atoms with Crippen molar-refractivity contribution in [2.45, 2.75) is 31.8 Å². The standard InChI is InChI=1S/C11H21F3N2S/c1-3-9(2)10-8-16(5-4-15-10)6-7-17-11(12,13)14/h9-10,15H,3-8H2,1-2H3. The molecular formula is C11H21F3N2S. The second kappa shape index (κ2) is 6.85. The molecule has 1 heterocycles. The largest absolute Gasteiger partial charge is 0.441 e. The Labute approximate surface area is 105 Å². The molecular weight excluding hydrogens is 249 g/mol. The molecule has 1 N–H and O–H groups in total. The van der Waals surface area contributed by atoms with Gasteiger partial charge in [-0.2, -0.15) is 13.2 Å². The van der Waals surface area contributed by atoms with Crippen molar-refractivity contribution in [3.63, 3.8) is 0 Å². The van der Waals surface area contributed by atoms with Gasteiger partial charge in [0.15, 0.2) is 0 Å². The summed E-state index contributed by atoms with van der Waals surface area (Å²) in [6.07, 6.45) is 1.10. The van der Waals surface area contributed by atoms with E-state index in [1.165, 1.54) is 0 Å². The van der Waals surface area contributed by atoms with Gasteiger partial charge >= 0.3 is 5.51 Å². The third-order valence-corrected chi connectivity index (χ3v) is 4.01. The highest BCUT2D eigenvalue weighted by Gasteiger charge is 2.29. The smallest absolute Gasteiger partial charge is 0.311 e. The Morgan fingerprint density at radius 3 is 2.76 bits per heavy atom. The molecule has 0 aromatic rings. The fourth-order valence-electron chi connectivity index (χ4n) is 2.00. The van der Waals surface area contributed by atoms with E-state index in [0.29, 0.717) is 18.5 Å². The SMILES string of the molecule is CCC(C)C1CN(CCSC(F)(F)F)CCN1. The number of hydrogen-bond donors (Lipinski definition) is 1. The minimum absolute atomic E-state index is 0.0805. The number of piperazine rings is 1. The van der Waals surface area contributed by atoms with Gasteiger partial charge in [0.2, 0.25) is 0 Å². The topological polar surface area (TPSA) is 15.3 Å². The molecule has 0 amide bonds. The monoisotopic (exact) mass is 270 g/mol. The Morgan fingerprint density at radius 1 is 1.47 bits per heavy atom. The molecule has 0 aromatic heterocycles. The van der Waals surface area contributed by atoms with Gasteiger partial charge in [0.25, 0.3) is 0 Å². The van der Waals surface area contributed by atoms with Gasteiger partial charge in [-0.3, -0.25) is 4.90 Å². The normalized spacial score (nSPS) is 24.9. The zero-order valence-corrected chi connectivity index (χ0v) is 11.2. The Balaban J connectivity index is 2.25. The maximum Gasteiger partial charge on any atom is 0.441 e. The first kappa shape index (κ1) is 15.1. The average Bonchev–Trinajstić information content (AvgIpc) is 2.27. The van der Waals surface area contributed by atoms with Crippen LogP contribution in [0.1, 0.15) is 20.3 Å². The second-order valence-corrected chi connectivity index (χ2v) is 5.70. The summed E-state index contributed by atoms with van der Waals surface area (Å²) in [5.41, 5.74) is -4.09. The number of nitrogens with zero attached hydrogens (tertiary/aromatic N) is 1. The number of halogens is 3. The summed E-state index contributed by atoms with van der Waals surface area (Å²) in [5.74, 6) is 0.713. The summed E-state index contributed by atoms with van der Waals surface area (Å²) in [5, 5.41) is 3.44. The molecule has 1 rings (SSSR count). The molecule has 1 aliphatic rings. The Hall–Kier alpha value is 0.0600. The van der Waals surface area contributed by atoms with Gasteiger partial charge in [0.05, 0.1) is 0 Å². The predicted octanol–water partition coefficient (Wildman–Crippen LogP) is 2.56. The van der Waals surface area contributed by atoms with Crippen molar-refractivity contribution in [3.05, 3.63) is 0 Å². The van der Waals surface area contributed by atoms with E-state index in [9.17, 15) is 13.2 Å². The molecule has 6 heteroatoms. The second-order valence-electron chi connectivity index (χ2n) is 4.54. The molecule has 2 unspecified atom stereocenters. The molecule has 102 valence electrons. The lowest BCUT2D eigenvalue weighted by Crippen LogP contribution is -2.53. The highest BCUT2D eigenvalue weighted by molar-refractivity contribution is 8.00. The van der Waals surface area contributed by atoms with Crippen LogP contribution in [-0.2, 0) is 0 Å². The summed E-state index contributed by atoms with van der Waals surface area (Å²) in [6.45, 7) is 7.46. The number of thioether (sulfide) groups is 1. The van der Waals surface area contributed by atoms with Crippen LogP contribution < -0.4 is 5.32 Å². The van der Waals surface area contributed by atoms with Gasteiger partial charge in [-0.25, -0.2) is 0 Å². The zero-order chi connectivity index (χ0) is 12.9. The summed E-state index contributed by atoms with van der Waals surface area (Å²) in [6, 6.07) is 0.421.